The number of aryl methyl sites for hydroxylation is 3. The molecule has 4 aromatic rings. The third-order valence-electron chi connectivity index (χ3n) is 5.15. The molecule has 0 saturated carbocycles. The molecule has 0 radical (unpaired) electrons. The first-order valence-electron chi connectivity index (χ1n) is 11.1. The van der Waals surface area contributed by atoms with E-state index in [9.17, 15) is 9.59 Å². The highest BCUT2D eigenvalue weighted by atomic mass is 16.5. The van der Waals surface area contributed by atoms with Crippen molar-refractivity contribution in [2.75, 3.05) is 11.9 Å². The lowest BCUT2D eigenvalue weighted by molar-refractivity contribution is -0.118. The van der Waals surface area contributed by atoms with Crippen molar-refractivity contribution in [3.8, 4) is 11.5 Å². The lowest BCUT2D eigenvalue weighted by Gasteiger charge is -2.12. The van der Waals surface area contributed by atoms with Crippen molar-refractivity contribution in [3.63, 3.8) is 0 Å². The zero-order chi connectivity index (χ0) is 24.1. The molecule has 176 valence electrons. The van der Waals surface area contributed by atoms with Gasteiger partial charge in [0, 0.05) is 24.4 Å². The summed E-state index contributed by atoms with van der Waals surface area (Å²) in [7, 11) is 0. The van der Waals surface area contributed by atoms with Gasteiger partial charge < -0.3 is 14.8 Å². The minimum Gasteiger partial charge on any atom is -0.487 e. The molecule has 1 N–H and O–H groups in total. The number of amides is 1. The predicted octanol–water partition coefficient (Wildman–Crippen LogP) is 3.51. The predicted molar refractivity (Wildman–Crippen MR) is 128 cm³/mol. The van der Waals surface area contributed by atoms with E-state index >= 15 is 0 Å². The van der Waals surface area contributed by atoms with Crippen LogP contribution in [-0.2, 0) is 17.9 Å². The van der Waals surface area contributed by atoms with E-state index in [0.29, 0.717) is 35.2 Å². The molecule has 0 unspecified atom stereocenters. The van der Waals surface area contributed by atoms with Gasteiger partial charge >= 0.3 is 0 Å². The van der Waals surface area contributed by atoms with Gasteiger partial charge in [-0.1, -0.05) is 25.1 Å². The molecule has 1 amide bonds. The maximum atomic E-state index is 12.5. The van der Waals surface area contributed by atoms with E-state index in [-0.39, 0.29) is 24.7 Å². The van der Waals surface area contributed by atoms with Crippen molar-refractivity contribution < 1.29 is 14.3 Å². The molecule has 4 rings (SSSR count). The van der Waals surface area contributed by atoms with E-state index < -0.39 is 0 Å². The van der Waals surface area contributed by atoms with E-state index in [0.717, 1.165) is 17.5 Å². The number of benzene rings is 2. The van der Waals surface area contributed by atoms with Crippen LogP contribution in [-0.4, -0.2) is 31.7 Å². The van der Waals surface area contributed by atoms with E-state index in [2.05, 4.69) is 15.3 Å². The third-order valence-corrected chi connectivity index (χ3v) is 5.15. The topological polar surface area (TPSA) is 99.8 Å². The van der Waals surface area contributed by atoms with E-state index in [1.807, 2.05) is 51.1 Å². The van der Waals surface area contributed by atoms with Crippen LogP contribution >= 0.6 is 0 Å². The largest absolute Gasteiger partial charge is 0.487 e. The molecule has 0 atom stereocenters. The average molecular weight is 462 g/mol. The Morgan fingerprint density at radius 1 is 1.09 bits per heavy atom. The first-order chi connectivity index (χ1) is 16.4. The molecular formula is C25H27N5O4. The molecule has 0 aliphatic rings. The maximum absolute atomic E-state index is 12.5. The van der Waals surface area contributed by atoms with Gasteiger partial charge in [-0.05, 0) is 49.6 Å². The summed E-state index contributed by atoms with van der Waals surface area (Å²) < 4.78 is 14.7. The Labute approximate surface area is 197 Å². The van der Waals surface area contributed by atoms with Crippen molar-refractivity contribution >= 4 is 17.4 Å². The number of nitrogens with zero attached hydrogens (tertiary/aromatic N) is 4. The average Bonchev–Trinajstić information content (AvgIpc) is 3.21. The van der Waals surface area contributed by atoms with Crippen LogP contribution in [0, 0.1) is 13.8 Å². The number of rotatable bonds is 9. The van der Waals surface area contributed by atoms with Crippen molar-refractivity contribution in [2.45, 2.75) is 40.3 Å². The quantitative estimate of drug-likeness (QED) is 0.409. The van der Waals surface area contributed by atoms with Crippen LogP contribution in [0.3, 0.4) is 0 Å². The summed E-state index contributed by atoms with van der Waals surface area (Å²) in [4.78, 5) is 33.5. The summed E-state index contributed by atoms with van der Waals surface area (Å²) in [6.07, 6.45) is 2.49. The number of nitrogens with one attached hydrogen (secondary N) is 1. The summed E-state index contributed by atoms with van der Waals surface area (Å²) >= 11 is 0. The molecule has 0 aliphatic heterocycles. The highest BCUT2D eigenvalue weighted by Gasteiger charge is 2.11. The summed E-state index contributed by atoms with van der Waals surface area (Å²) in [6.45, 7) is 6.57. The summed E-state index contributed by atoms with van der Waals surface area (Å²) in [6, 6.07) is 14.4. The molecule has 2 aromatic carbocycles. The van der Waals surface area contributed by atoms with Crippen molar-refractivity contribution in [1.29, 1.82) is 0 Å². The second kappa shape index (κ2) is 10.2. The number of hydrogen-bond acceptors (Lipinski definition) is 6. The molecule has 34 heavy (non-hydrogen) atoms. The lowest BCUT2D eigenvalue weighted by atomic mass is 10.2. The molecule has 2 heterocycles. The highest BCUT2D eigenvalue weighted by Crippen LogP contribution is 2.23. The fourth-order valence-corrected chi connectivity index (χ4v) is 3.50. The molecular weight excluding hydrogens is 434 g/mol. The van der Waals surface area contributed by atoms with Gasteiger partial charge in [0.25, 0.3) is 17.2 Å². The molecule has 0 spiro atoms. The monoisotopic (exact) mass is 461 g/mol. The maximum Gasteiger partial charge on any atom is 0.274 e. The SMILES string of the molecule is CCCn1cnc2nc(COc3cc(NC(=O)COc4cccc(C)c4)ccc3C)cc(=O)n21. The second-order valence-electron chi connectivity index (χ2n) is 8.03. The normalized spacial score (nSPS) is 10.9. The molecule has 0 aliphatic carbocycles. The summed E-state index contributed by atoms with van der Waals surface area (Å²) in [5.74, 6) is 1.28. The van der Waals surface area contributed by atoms with Gasteiger partial charge in [0.15, 0.2) is 6.61 Å². The number of fused-ring (bicyclic) bond motifs is 1. The number of aromatic nitrogens is 4. The zero-order valence-corrected chi connectivity index (χ0v) is 19.4. The Kier molecular flexibility index (Phi) is 6.91. The number of carbonyl (C=O) groups is 1. The Morgan fingerprint density at radius 3 is 2.74 bits per heavy atom. The van der Waals surface area contributed by atoms with Crippen LogP contribution in [0.25, 0.3) is 5.78 Å². The lowest BCUT2D eigenvalue weighted by Crippen LogP contribution is -2.22. The molecule has 0 bridgehead atoms. The standard InChI is InChI=1S/C25H27N5O4/c1-4-10-29-16-26-25-28-20(13-24(32)30(25)29)14-34-22-12-19(9-8-18(22)3)27-23(31)15-33-21-7-5-6-17(2)11-21/h5-9,11-13,16H,4,10,14-15H2,1-3H3,(H,27,31). The minimum absolute atomic E-state index is 0.0983. The van der Waals surface area contributed by atoms with Crippen molar-refractivity contribution in [3.05, 3.63) is 82.0 Å². The van der Waals surface area contributed by atoms with E-state index in [1.54, 1.807) is 23.1 Å². The zero-order valence-electron chi connectivity index (χ0n) is 19.4. The molecule has 0 saturated heterocycles. The van der Waals surface area contributed by atoms with Crippen LogP contribution in [0.4, 0.5) is 5.69 Å². The fourth-order valence-electron chi connectivity index (χ4n) is 3.50. The Morgan fingerprint density at radius 2 is 1.94 bits per heavy atom. The molecule has 9 heteroatoms. The first-order valence-corrected chi connectivity index (χ1v) is 11.1. The van der Waals surface area contributed by atoms with Gasteiger partial charge in [0.1, 0.15) is 24.4 Å². The summed E-state index contributed by atoms with van der Waals surface area (Å²) in [5.41, 5.74) is 2.80. The number of ether oxygens (including phenoxy) is 2. The van der Waals surface area contributed by atoms with Crippen LogP contribution in [0.2, 0.25) is 0 Å². The van der Waals surface area contributed by atoms with Gasteiger partial charge in [-0.2, -0.15) is 9.50 Å². The first kappa shape index (κ1) is 23.0. The Hall–Kier alpha value is -4.14. The Bertz CT molecular complexity index is 1380. The van der Waals surface area contributed by atoms with Crippen molar-refractivity contribution in [2.24, 2.45) is 0 Å². The summed E-state index contributed by atoms with van der Waals surface area (Å²) in [5, 5.41) is 2.81. The smallest absolute Gasteiger partial charge is 0.274 e. The fraction of sp³-hybridized carbons (Fsp3) is 0.280. The minimum atomic E-state index is -0.279. The van der Waals surface area contributed by atoms with E-state index in [4.69, 9.17) is 9.47 Å². The van der Waals surface area contributed by atoms with Crippen LogP contribution in [0.1, 0.15) is 30.2 Å². The number of carbonyl (C=O) groups excluding carboxylic acids is 1. The molecule has 2 aromatic heterocycles. The van der Waals surface area contributed by atoms with Gasteiger partial charge in [0.05, 0.1) is 5.69 Å². The Balaban J connectivity index is 1.40. The second-order valence-corrected chi connectivity index (χ2v) is 8.03. The third kappa shape index (κ3) is 5.43. The van der Waals surface area contributed by atoms with Gasteiger partial charge in [-0.25, -0.2) is 4.98 Å². The van der Waals surface area contributed by atoms with Crippen LogP contribution < -0.4 is 20.3 Å². The van der Waals surface area contributed by atoms with Gasteiger partial charge in [-0.3, -0.25) is 14.3 Å². The van der Waals surface area contributed by atoms with Gasteiger partial charge in [-0.15, -0.1) is 0 Å². The van der Waals surface area contributed by atoms with E-state index in [1.165, 1.54) is 10.6 Å². The van der Waals surface area contributed by atoms with Crippen molar-refractivity contribution in [1.82, 2.24) is 19.2 Å². The highest BCUT2D eigenvalue weighted by molar-refractivity contribution is 5.92. The van der Waals surface area contributed by atoms with Crippen LogP contribution in [0.15, 0.2) is 59.7 Å². The van der Waals surface area contributed by atoms with Gasteiger partial charge in [0.2, 0.25) is 0 Å². The molecule has 0 fully saturated rings. The number of anilines is 1. The number of hydrogen-bond donors (Lipinski definition) is 1. The van der Waals surface area contributed by atoms with Crippen LogP contribution in [0.5, 0.6) is 11.5 Å². The molecule has 9 nitrogen and oxygen atoms in total.